The molecule has 0 bridgehead atoms. The molecule has 0 radical (unpaired) electrons. The van der Waals surface area contributed by atoms with Crippen molar-refractivity contribution in [2.45, 2.75) is 46.0 Å². The molecule has 0 amide bonds. The van der Waals surface area contributed by atoms with Crippen LogP contribution in [0, 0.1) is 5.41 Å². The fourth-order valence-electron chi connectivity index (χ4n) is 2.88. The minimum Gasteiger partial charge on any atom is -0.496 e. The zero-order valence-electron chi connectivity index (χ0n) is 13.3. The highest BCUT2D eigenvalue weighted by atomic mass is 79.9. The van der Waals surface area contributed by atoms with Crippen molar-refractivity contribution in [2.24, 2.45) is 5.41 Å². The van der Waals surface area contributed by atoms with E-state index in [4.69, 9.17) is 4.74 Å². The van der Waals surface area contributed by atoms with E-state index in [0.717, 1.165) is 23.2 Å². The summed E-state index contributed by atoms with van der Waals surface area (Å²) in [4.78, 5) is 0. The summed E-state index contributed by atoms with van der Waals surface area (Å²) in [6.45, 7) is 5.62. The van der Waals surface area contributed by atoms with Crippen molar-refractivity contribution in [1.82, 2.24) is 5.32 Å². The second kappa shape index (κ2) is 8.68. The smallest absolute Gasteiger partial charge is 0.122 e. The minimum atomic E-state index is 0.318. The summed E-state index contributed by atoms with van der Waals surface area (Å²) in [5.41, 5.74) is 1.62. The van der Waals surface area contributed by atoms with E-state index < -0.39 is 0 Å². The highest BCUT2D eigenvalue weighted by molar-refractivity contribution is 9.10. The molecule has 1 aromatic carbocycles. The predicted molar refractivity (Wildman–Crippen MR) is 90.6 cm³/mol. The van der Waals surface area contributed by atoms with Crippen molar-refractivity contribution in [3.05, 3.63) is 28.2 Å². The Morgan fingerprint density at radius 2 is 2.05 bits per heavy atom. The van der Waals surface area contributed by atoms with Crippen LogP contribution in [-0.2, 0) is 6.42 Å². The molecule has 114 valence electrons. The van der Waals surface area contributed by atoms with Gasteiger partial charge in [0.15, 0.2) is 0 Å². The van der Waals surface area contributed by atoms with Crippen LogP contribution in [0.25, 0.3) is 0 Å². The Bertz CT molecular complexity index is 408. The SMILES string of the molecule is CCCCC(CC)(CNC)Cc1cc(Br)ccc1OC. The van der Waals surface area contributed by atoms with Gasteiger partial charge >= 0.3 is 0 Å². The summed E-state index contributed by atoms with van der Waals surface area (Å²) in [6, 6.07) is 6.30. The van der Waals surface area contributed by atoms with Gasteiger partial charge in [-0.25, -0.2) is 0 Å². The number of halogens is 1. The van der Waals surface area contributed by atoms with Gasteiger partial charge in [0.1, 0.15) is 5.75 Å². The molecule has 1 aromatic rings. The number of hydrogen-bond donors (Lipinski definition) is 1. The number of unbranched alkanes of at least 4 members (excludes halogenated alkanes) is 1. The Labute approximate surface area is 132 Å². The first-order chi connectivity index (χ1) is 9.60. The van der Waals surface area contributed by atoms with Gasteiger partial charge in [-0.1, -0.05) is 42.6 Å². The standard InChI is InChI=1S/C17H28BrNO/c1-5-7-10-17(6-2,13-19-3)12-14-11-15(18)8-9-16(14)20-4/h8-9,11,19H,5-7,10,12-13H2,1-4H3. The van der Waals surface area contributed by atoms with Gasteiger partial charge in [-0.05, 0) is 55.5 Å². The Balaban J connectivity index is 3.01. The third kappa shape index (κ3) is 4.78. The summed E-state index contributed by atoms with van der Waals surface area (Å²) >= 11 is 3.58. The zero-order chi connectivity index (χ0) is 15.0. The molecule has 1 atom stereocenters. The van der Waals surface area contributed by atoms with Crippen molar-refractivity contribution < 1.29 is 4.74 Å². The van der Waals surface area contributed by atoms with Gasteiger partial charge in [0.25, 0.3) is 0 Å². The van der Waals surface area contributed by atoms with Crippen molar-refractivity contribution >= 4 is 15.9 Å². The first-order valence-corrected chi connectivity index (χ1v) is 8.37. The average Bonchev–Trinajstić information content (AvgIpc) is 2.45. The number of rotatable bonds is 9. The van der Waals surface area contributed by atoms with Gasteiger partial charge in [-0.15, -0.1) is 0 Å². The zero-order valence-corrected chi connectivity index (χ0v) is 14.8. The summed E-state index contributed by atoms with van der Waals surface area (Å²) in [6.07, 6.45) is 6.04. The van der Waals surface area contributed by atoms with E-state index in [1.165, 1.54) is 31.2 Å². The molecule has 1 unspecified atom stereocenters. The molecule has 1 N–H and O–H groups in total. The van der Waals surface area contributed by atoms with Crippen LogP contribution >= 0.6 is 15.9 Å². The van der Waals surface area contributed by atoms with Crippen LogP contribution in [0.2, 0.25) is 0 Å². The number of ether oxygens (including phenoxy) is 1. The largest absolute Gasteiger partial charge is 0.496 e. The monoisotopic (exact) mass is 341 g/mol. The van der Waals surface area contributed by atoms with Gasteiger partial charge in [0.05, 0.1) is 7.11 Å². The molecule has 20 heavy (non-hydrogen) atoms. The molecule has 0 spiro atoms. The fraction of sp³-hybridized carbons (Fsp3) is 0.647. The Hall–Kier alpha value is -0.540. The summed E-state index contributed by atoms with van der Waals surface area (Å²) in [5.74, 6) is 0.999. The highest BCUT2D eigenvalue weighted by Gasteiger charge is 2.28. The lowest BCUT2D eigenvalue weighted by Crippen LogP contribution is -2.34. The van der Waals surface area contributed by atoms with Crippen LogP contribution in [0.5, 0.6) is 5.75 Å². The van der Waals surface area contributed by atoms with E-state index in [9.17, 15) is 0 Å². The maximum atomic E-state index is 5.53. The van der Waals surface area contributed by atoms with Gasteiger partial charge in [0.2, 0.25) is 0 Å². The first-order valence-electron chi connectivity index (χ1n) is 7.57. The lowest BCUT2D eigenvalue weighted by Gasteiger charge is -2.33. The molecule has 0 heterocycles. The predicted octanol–water partition coefficient (Wildman–Crippen LogP) is 4.81. The van der Waals surface area contributed by atoms with E-state index in [2.05, 4.69) is 54.3 Å². The number of hydrogen-bond acceptors (Lipinski definition) is 2. The van der Waals surface area contributed by atoms with Crippen molar-refractivity contribution in [3.8, 4) is 5.75 Å². The molecule has 3 heteroatoms. The molecular formula is C17H28BrNO. The quantitative estimate of drug-likeness (QED) is 0.696. The van der Waals surface area contributed by atoms with Crippen LogP contribution in [-0.4, -0.2) is 20.7 Å². The van der Waals surface area contributed by atoms with Crippen LogP contribution in [0.15, 0.2) is 22.7 Å². The fourth-order valence-corrected chi connectivity index (χ4v) is 3.29. The van der Waals surface area contributed by atoms with Crippen LogP contribution < -0.4 is 10.1 Å². The normalized spacial score (nSPS) is 14.1. The molecule has 1 rings (SSSR count). The van der Waals surface area contributed by atoms with E-state index >= 15 is 0 Å². The third-order valence-corrected chi connectivity index (χ3v) is 4.66. The van der Waals surface area contributed by atoms with Gasteiger partial charge in [0, 0.05) is 11.0 Å². The Morgan fingerprint density at radius 3 is 2.60 bits per heavy atom. The summed E-state index contributed by atoms with van der Waals surface area (Å²) < 4.78 is 6.66. The number of nitrogens with one attached hydrogen (secondary N) is 1. The summed E-state index contributed by atoms with van der Waals surface area (Å²) in [5, 5.41) is 3.39. The van der Waals surface area contributed by atoms with Gasteiger partial charge < -0.3 is 10.1 Å². The molecule has 2 nitrogen and oxygen atoms in total. The molecule has 0 aliphatic carbocycles. The topological polar surface area (TPSA) is 21.3 Å². The van der Waals surface area contributed by atoms with Crippen LogP contribution in [0.1, 0.15) is 45.1 Å². The lowest BCUT2D eigenvalue weighted by atomic mass is 9.75. The average molecular weight is 342 g/mol. The van der Waals surface area contributed by atoms with E-state index in [1.807, 2.05) is 6.07 Å². The van der Waals surface area contributed by atoms with E-state index in [0.29, 0.717) is 5.41 Å². The minimum absolute atomic E-state index is 0.318. The van der Waals surface area contributed by atoms with Gasteiger partial charge in [-0.3, -0.25) is 0 Å². The van der Waals surface area contributed by atoms with E-state index in [-0.39, 0.29) is 0 Å². The maximum Gasteiger partial charge on any atom is 0.122 e. The van der Waals surface area contributed by atoms with Crippen LogP contribution in [0.4, 0.5) is 0 Å². The van der Waals surface area contributed by atoms with E-state index in [1.54, 1.807) is 7.11 Å². The second-order valence-electron chi connectivity index (χ2n) is 5.62. The Kier molecular flexibility index (Phi) is 7.60. The molecular weight excluding hydrogens is 314 g/mol. The van der Waals surface area contributed by atoms with Crippen molar-refractivity contribution in [1.29, 1.82) is 0 Å². The first kappa shape index (κ1) is 17.5. The molecule has 0 aliphatic heterocycles. The molecule has 0 aliphatic rings. The molecule has 0 fully saturated rings. The molecule has 0 saturated carbocycles. The van der Waals surface area contributed by atoms with Crippen LogP contribution in [0.3, 0.4) is 0 Å². The molecule has 0 aromatic heterocycles. The van der Waals surface area contributed by atoms with Crippen molar-refractivity contribution in [2.75, 3.05) is 20.7 Å². The maximum absolute atomic E-state index is 5.53. The van der Waals surface area contributed by atoms with Gasteiger partial charge in [-0.2, -0.15) is 0 Å². The van der Waals surface area contributed by atoms with Crippen molar-refractivity contribution in [3.63, 3.8) is 0 Å². The summed E-state index contributed by atoms with van der Waals surface area (Å²) in [7, 11) is 3.80. The molecule has 0 saturated heterocycles. The Morgan fingerprint density at radius 1 is 1.30 bits per heavy atom. The third-order valence-electron chi connectivity index (χ3n) is 4.17. The number of benzene rings is 1. The highest BCUT2D eigenvalue weighted by Crippen LogP contribution is 2.36. The number of methoxy groups -OCH3 is 1. The lowest BCUT2D eigenvalue weighted by molar-refractivity contribution is 0.232. The second-order valence-corrected chi connectivity index (χ2v) is 6.54.